The van der Waals surface area contributed by atoms with Crippen molar-refractivity contribution in [3.8, 4) is 0 Å². The van der Waals surface area contributed by atoms with E-state index in [1.165, 1.54) is 12.1 Å². The Labute approximate surface area is 129 Å². The molecule has 2 rings (SSSR count). The van der Waals surface area contributed by atoms with Crippen molar-refractivity contribution in [2.24, 2.45) is 0 Å². The van der Waals surface area contributed by atoms with Crippen molar-refractivity contribution >= 4 is 15.9 Å². The fraction of sp³-hybridized carbons (Fsp3) is 0.333. The monoisotopic (exact) mass is 356 g/mol. The quantitative estimate of drug-likeness (QED) is 0.891. The van der Waals surface area contributed by atoms with Gasteiger partial charge in [0.1, 0.15) is 21.9 Å². The number of hydrogen-bond donors (Lipinski definition) is 1. The Hall–Kier alpha value is -1.56. The van der Waals surface area contributed by atoms with Crippen LogP contribution >= 0.6 is 15.9 Å². The summed E-state index contributed by atoms with van der Waals surface area (Å²) in [7, 11) is 0. The molecular weight excluding hydrogens is 342 g/mol. The lowest BCUT2D eigenvalue weighted by Crippen LogP contribution is -2.23. The molecule has 0 aliphatic heterocycles. The Morgan fingerprint density at radius 1 is 1.29 bits per heavy atom. The van der Waals surface area contributed by atoms with Crippen LogP contribution in [0.25, 0.3) is 0 Å². The molecule has 2 aromatic rings. The predicted molar refractivity (Wildman–Crippen MR) is 80.4 cm³/mol. The van der Waals surface area contributed by atoms with E-state index in [9.17, 15) is 13.6 Å². The Bertz CT molecular complexity index is 735. The third kappa shape index (κ3) is 3.56. The van der Waals surface area contributed by atoms with Crippen molar-refractivity contribution in [2.75, 3.05) is 0 Å². The Kier molecular flexibility index (Phi) is 4.27. The van der Waals surface area contributed by atoms with Gasteiger partial charge in [-0.2, -0.15) is 0 Å². The van der Waals surface area contributed by atoms with Gasteiger partial charge in [-0.1, -0.05) is 26.8 Å². The van der Waals surface area contributed by atoms with Crippen LogP contribution < -0.4 is 5.56 Å². The molecule has 0 aliphatic carbocycles. The molecule has 1 aromatic heterocycles. The topological polar surface area (TPSA) is 45.8 Å². The van der Waals surface area contributed by atoms with Gasteiger partial charge in [0.15, 0.2) is 0 Å². The summed E-state index contributed by atoms with van der Waals surface area (Å²) in [6.07, 6.45) is 0.0950. The van der Waals surface area contributed by atoms with Gasteiger partial charge in [-0.15, -0.1) is 0 Å². The normalized spacial score (nSPS) is 11.7. The Balaban J connectivity index is 2.46. The van der Waals surface area contributed by atoms with Crippen LogP contribution in [0.2, 0.25) is 0 Å². The summed E-state index contributed by atoms with van der Waals surface area (Å²) in [6, 6.07) is 3.35. The van der Waals surface area contributed by atoms with Gasteiger partial charge >= 0.3 is 0 Å². The van der Waals surface area contributed by atoms with E-state index in [0.717, 1.165) is 6.07 Å². The molecule has 0 unspecified atom stereocenters. The zero-order chi connectivity index (χ0) is 15.8. The Morgan fingerprint density at radius 3 is 2.52 bits per heavy atom. The maximum atomic E-state index is 13.7. The summed E-state index contributed by atoms with van der Waals surface area (Å²) in [6.45, 7) is 5.80. The van der Waals surface area contributed by atoms with Crippen LogP contribution in [0.4, 0.5) is 8.78 Å². The molecule has 0 radical (unpaired) electrons. The average molecular weight is 357 g/mol. The second-order valence-electron chi connectivity index (χ2n) is 5.84. The minimum Gasteiger partial charge on any atom is -0.309 e. The molecule has 0 saturated carbocycles. The van der Waals surface area contributed by atoms with Gasteiger partial charge in [0.2, 0.25) is 0 Å². The van der Waals surface area contributed by atoms with Crippen LogP contribution in [0, 0.1) is 11.6 Å². The van der Waals surface area contributed by atoms with E-state index in [-0.39, 0.29) is 23.0 Å². The molecule has 3 nitrogen and oxygen atoms in total. The highest BCUT2D eigenvalue weighted by molar-refractivity contribution is 9.10. The Morgan fingerprint density at radius 2 is 1.95 bits per heavy atom. The number of nitrogens with one attached hydrogen (secondary N) is 1. The number of aromatic nitrogens is 2. The van der Waals surface area contributed by atoms with Crippen molar-refractivity contribution < 1.29 is 8.78 Å². The molecule has 0 bridgehead atoms. The van der Waals surface area contributed by atoms with E-state index in [1.54, 1.807) is 0 Å². The minimum atomic E-state index is -0.655. The molecular formula is C15H15BrF2N2O. The van der Waals surface area contributed by atoms with Crippen molar-refractivity contribution in [3.63, 3.8) is 0 Å². The molecule has 1 aromatic carbocycles. The molecule has 1 heterocycles. The number of nitrogens with zero attached hydrogens (tertiary/aromatic N) is 1. The highest BCUT2D eigenvalue weighted by Crippen LogP contribution is 2.25. The molecule has 0 fully saturated rings. The zero-order valence-electron chi connectivity index (χ0n) is 11.9. The van der Waals surface area contributed by atoms with E-state index in [4.69, 9.17) is 0 Å². The summed E-state index contributed by atoms with van der Waals surface area (Å²) in [5, 5.41) is 0. The molecule has 0 spiro atoms. The van der Waals surface area contributed by atoms with E-state index in [1.807, 2.05) is 20.8 Å². The van der Waals surface area contributed by atoms with Gasteiger partial charge in [0.05, 0.1) is 5.69 Å². The molecule has 21 heavy (non-hydrogen) atoms. The summed E-state index contributed by atoms with van der Waals surface area (Å²) in [5.41, 5.74) is 0.237. The maximum absolute atomic E-state index is 13.7. The first-order valence-electron chi connectivity index (χ1n) is 6.41. The molecule has 0 saturated heterocycles. The summed E-state index contributed by atoms with van der Waals surface area (Å²) in [4.78, 5) is 18.9. The van der Waals surface area contributed by atoms with Gasteiger partial charge in [-0.3, -0.25) is 4.79 Å². The largest absolute Gasteiger partial charge is 0.309 e. The fourth-order valence-corrected chi connectivity index (χ4v) is 2.71. The maximum Gasteiger partial charge on any atom is 0.265 e. The smallest absolute Gasteiger partial charge is 0.265 e. The third-order valence-corrected chi connectivity index (χ3v) is 3.73. The highest BCUT2D eigenvalue weighted by atomic mass is 79.9. The summed E-state index contributed by atoms with van der Waals surface area (Å²) < 4.78 is 27.0. The van der Waals surface area contributed by atoms with E-state index >= 15 is 0 Å². The molecule has 0 aliphatic rings. The van der Waals surface area contributed by atoms with E-state index < -0.39 is 11.6 Å². The van der Waals surface area contributed by atoms with Crippen LogP contribution in [0.3, 0.4) is 0 Å². The number of benzene rings is 1. The molecule has 112 valence electrons. The van der Waals surface area contributed by atoms with Crippen molar-refractivity contribution in [1.29, 1.82) is 0 Å². The van der Waals surface area contributed by atoms with Crippen LogP contribution in [0.15, 0.2) is 27.5 Å². The van der Waals surface area contributed by atoms with E-state index in [0.29, 0.717) is 16.0 Å². The van der Waals surface area contributed by atoms with Crippen molar-refractivity contribution in [3.05, 3.63) is 61.7 Å². The molecule has 0 amide bonds. The SMILES string of the molecule is CC(C)(C)c1nc(Cc2ccc(F)cc2F)[nH]c(=O)c1Br. The number of aromatic amines is 1. The molecule has 0 atom stereocenters. The van der Waals surface area contributed by atoms with Crippen LogP contribution in [-0.2, 0) is 11.8 Å². The highest BCUT2D eigenvalue weighted by Gasteiger charge is 2.22. The lowest BCUT2D eigenvalue weighted by molar-refractivity contribution is 0.554. The van der Waals surface area contributed by atoms with Crippen LogP contribution in [0.5, 0.6) is 0 Å². The van der Waals surface area contributed by atoms with Gasteiger partial charge in [-0.25, -0.2) is 13.8 Å². The van der Waals surface area contributed by atoms with Gasteiger partial charge in [-0.05, 0) is 27.6 Å². The first-order valence-corrected chi connectivity index (χ1v) is 7.21. The van der Waals surface area contributed by atoms with Gasteiger partial charge < -0.3 is 4.98 Å². The number of hydrogen-bond acceptors (Lipinski definition) is 2. The molecule has 1 N–H and O–H groups in total. The lowest BCUT2D eigenvalue weighted by atomic mass is 9.92. The minimum absolute atomic E-state index is 0.0950. The predicted octanol–water partition coefficient (Wildman–Crippen LogP) is 3.70. The number of halogens is 3. The lowest BCUT2D eigenvalue weighted by Gasteiger charge is -2.19. The first kappa shape index (κ1) is 15.8. The second-order valence-corrected chi connectivity index (χ2v) is 6.63. The number of H-pyrrole nitrogens is 1. The fourth-order valence-electron chi connectivity index (χ4n) is 1.93. The van der Waals surface area contributed by atoms with Crippen LogP contribution in [0.1, 0.15) is 37.9 Å². The summed E-state index contributed by atoms with van der Waals surface area (Å²) >= 11 is 3.23. The molecule has 6 heteroatoms. The van der Waals surface area contributed by atoms with Crippen molar-refractivity contribution in [2.45, 2.75) is 32.6 Å². The number of rotatable bonds is 2. The zero-order valence-corrected chi connectivity index (χ0v) is 13.5. The average Bonchev–Trinajstić information content (AvgIpc) is 2.35. The first-order chi connectivity index (χ1) is 9.68. The summed E-state index contributed by atoms with van der Waals surface area (Å²) in [5.74, 6) is -0.944. The second kappa shape index (κ2) is 5.67. The van der Waals surface area contributed by atoms with Crippen molar-refractivity contribution in [1.82, 2.24) is 9.97 Å². The van der Waals surface area contributed by atoms with Gasteiger partial charge in [0, 0.05) is 17.9 Å². The van der Waals surface area contributed by atoms with Crippen LogP contribution in [-0.4, -0.2) is 9.97 Å². The van der Waals surface area contributed by atoms with Gasteiger partial charge in [0.25, 0.3) is 5.56 Å². The van der Waals surface area contributed by atoms with E-state index in [2.05, 4.69) is 25.9 Å². The third-order valence-electron chi connectivity index (χ3n) is 3.00. The standard InChI is InChI=1S/C15H15BrF2N2O/c1-15(2,3)13-12(16)14(21)20-11(19-13)6-8-4-5-9(17)7-10(8)18/h4-5,7H,6H2,1-3H3,(H,19,20,21).